The molecule has 4 rings (SSSR count). The van der Waals surface area contributed by atoms with E-state index in [4.69, 9.17) is 4.74 Å². The maximum absolute atomic E-state index is 13.4. The fourth-order valence-electron chi connectivity index (χ4n) is 3.10. The third-order valence-corrected chi connectivity index (χ3v) is 4.47. The fourth-order valence-corrected chi connectivity index (χ4v) is 3.10. The number of alkyl halides is 3. The predicted molar refractivity (Wildman–Crippen MR) is 105 cm³/mol. The number of carbonyl (C=O) groups is 1. The van der Waals surface area contributed by atoms with Gasteiger partial charge in [0, 0.05) is 11.6 Å². The third-order valence-electron chi connectivity index (χ3n) is 4.47. The minimum atomic E-state index is -4.55. The van der Waals surface area contributed by atoms with Crippen LogP contribution in [0.2, 0.25) is 0 Å². The number of benzene rings is 1. The normalized spacial score (nSPS) is 11.5. The molecule has 0 atom stereocenters. The number of halogens is 3. The number of nitrogens with one attached hydrogen (secondary N) is 1. The van der Waals surface area contributed by atoms with Crippen molar-refractivity contribution in [2.24, 2.45) is 0 Å². The molecular formula is C20H15F3N6O2. The van der Waals surface area contributed by atoms with E-state index in [-0.39, 0.29) is 28.6 Å². The molecule has 0 saturated heterocycles. The van der Waals surface area contributed by atoms with Crippen LogP contribution in [0.1, 0.15) is 21.7 Å². The number of amides is 1. The van der Waals surface area contributed by atoms with E-state index in [1.807, 2.05) is 0 Å². The summed E-state index contributed by atoms with van der Waals surface area (Å²) in [5.41, 5.74) is -0.133. The van der Waals surface area contributed by atoms with Gasteiger partial charge in [0.2, 0.25) is 5.88 Å². The highest BCUT2D eigenvalue weighted by molar-refractivity contribution is 6.03. The van der Waals surface area contributed by atoms with Crippen molar-refractivity contribution in [2.45, 2.75) is 13.1 Å². The first kappa shape index (κ1) is 20.3. The molecule has 1 amide bonds. The van der Waals surface area contributed by atoms with Gasteiger partial charge in [0.1, 0.15) is 12.1 Å². The summed E-state index contributed by atoms with van der Waals surface area (Å²) in [6.45, 7) is 1.60. The Kier molecular flexibility index (Phi) is 5.01. The van der Waals surface area contributed by atoms with Gasteiger partial charge in [-0.3, -0.25) is 4.79 Å². The van der Waals surface area contributed by atoms with Crippen molar-refractivity contribution >= 4 is 17.4 Å². The van der Waals surface area contributed by atoms with E-state index >= 15 is 0 Å². The van der Waals surface area contributed by atoms with Gasteiger partial charge in [-0.05, 0) is 25.1 Å². The van der Waals surface area contributed by atoms with Crippen LogP contribution in [0.4, 0.5) is 19.0 Å². The van der Waals surface area contributed by atoms with Crippen LogP contribution in [0.5, 0.6) is 5.88 Å². The average Bonchev–Trinajstić information content (AvgIpc) is 3.08. The molecule has 4 aromatic rings. The number of aromatic nitrogens is 5. The van der Waals surface area contributed by atoms with E-state index in [1.54, 1.807) is 6.92 Å². The summed E-state index contributed by atoms with van der Waals surface area (Å²) in [6.07, 6.45) is -3.33. The maximum Gasteiger partial charge on any atom is 0.417 e. The van der Waals surface area contributed by atoms with Gasteiger partial charge in [-0.25, -0.2) is 19.5 Å². The van der Waals surface area contributed by atoms with Gasteiger partial charge < -0.3 is 10.1 Å². The average molecular weight is 428 g/mol. The highest BCUT2D eigenvalue weighted by Gasteiger charge is 2.34. The van der Waals surface area contributed by atoms with Crippen LogP contribution in [-0.2, 0) is 6.18 Å². The van der Waals surface area contributed by atoms with Crippen LogP contribution in [0.3, 0.4) is 0 Å². The summed E-state index contributed by atoms with van der Waals surface area (Å²) >= 11 is 0. The highest BCUT2D eigenvalue weighted by atomic mass is 19.4. The van der Waals surface area contributed by atoms with Crippen LogP contribution >= 0.6 is 0 Å². The number of anilines is 1. The SMILES string of the molecule is COc1cc(NC(=O)c2c(C)nc3ccc(-c4ccccc4C(F)(F)F)nn23)ncn1. The minimum absolute atomic E-state index is 0.0515. The van der Waals surface area contributed by atoms with E-state index < -0.39 is 17.6 Å². The second-order valence-corrected chi connectivity index (χ2v) is 6.48. The molecule has 0 saturated carbocycles. The molecule has 0 bridgehead atoms. The molecule has 0 aliphatic carbocycles. The van der Waals surface area contributed by atoms with Gasteiger partial charge in [0.25, 0.3) is 5.91 Å². The van der Waals surface area contributed by atoms with Crippen molar-refractivity contribution < 1.29 is 22.7 Å². The largest absolute Gasteiger partial charge is 0.481 e. The van der Waals surface area contributed by atoms with Crippen molar-refractivity contribution in [1.82, 2.24) is 24.6 Å². The smallest absolute Gasteiger partial charge is 0.417 e. The number of carbonyl (C=O) groups excluding carboxylic acids is 1. The third kappa shape index (κ3) is 3.89. The lowest BCUT2D eigenvalue weighted by molar-refractivity contribution is -0.137. The second kappa shape index (κ2) is 7.67. The zero-order chi connectivity index (χ0) is 22.2. The van der Waals surface area contributed by atoms with Crippen LogP contribution in [0.25, 0.3) is 16.9 Å². The van der Waals surface area contributed by atoms with Crippen molar-refractivity contribution in [3.05, 3.63) is 65.7 Å². The lowest BCUT2D eigenvalue weighted by atomic mass is 10.0. The Morgan fingerprint density at radius 1 is 1.13 bits per heavy atom. The Morgan fingerprint density at radius 2 is 1.90 bits per heavy atom. The molecule has 0 fully saturated rings. The molecular weight excluding hydrogens is 413 g/mol. The minimum Gasteiger partial charge on any atom is -0.481 e. The van der Waals surface area contributed by atoms with Gasteiger partial charge >= 0.3 is 6.18 Å². The summed E-state index contributed by atoms with van der Waals surface area (Å²) in [5.74, 6) is -0.145. The lowest BCUT2D eigenvalue weighted by Crippen LogP contribution is -2.18. The van der Waals surface area contributed by atoms with E-state index in [0.29, 0.717) is 11.3 Å². The molecule has 31 heavy (non-hydrogen) atoms. The number of hydrogen-bond acceptors (Lipinski definition) is 6. The number of methoxy groups -OCH3 is 1. The first-order valence-corrected chi connectivity index (χ1v) is 8.98. The van der Waals surface area contributed by atoms with Crippen molar-refractivity contribution in [3.8, 4) is 17.1 Å². The molecule has 11 heteroatoms. The Labute approximate surface area is 173 Å². The monoisotopic (exact) mass is 428 g/mol. The van der Waals surface area contributed by atoms with E-state index in [1.165, 1.54) is 54.4 Å². The van der Waals surface area contributed by atoms with Crippen molar-refractivity contribution in [3.63, 3.8) is 0 Å². The number of aryl methyl sites for hydroxylation is 1. The zero-order valence-electron chi connectivity index (χ0n) is 16.3. The molecule has 1 aromatic carbocycles. The highest BCUT2D eigenvalue weighted by Crippen LogP contribution is 2.36. The lowest BCUT2D eigenvalue weighted by Gasteiger charge is -2.12. The molecule has 8 nitrogen and oxygen atoms in total. The molecule has 3 aromatic heterocycles. The molecule has 0 radical (unpaired) electrons. The van der Waals surface area contributed by atoms with Gasteiger partial charge in [0.15, 0.2) is 11.3 Å². The maximum atomic E-state index is 13.4. The van der Waals surface area contributed by atoms with Crippen molar-refractivity contribution in [1.29, 1.82) is 0 Å². The number of ether oxygens (including phenoxy) is 1. The van der Waals surface area contributed by atoms with Crippen molar-refractivity contribution in [2.75, 3.05) is 12.4 Å². The van der Waals surface area contributed by atoms with Gasteiger partial charge in [-0.1, -0.05) is 18.2 Å². The summed E-state index contributed by atoms with van der Waals surface area (Å²) in [6, 6.07) is 9.47. The first-order chi connectivity index (χ1) is 14.8. The molecule has 0 aliphatic rings. The quantitative estimate of drug-likeness (QED) is 0.532. The second-order valence-electron chi connectivity index (χ2n) is 6.48. The Bertz CT molecular complexity index is 1290. The topological polar surface area (TPSA) is 94.3 Å². The molecule has 0 unspecified atom stereocenters. The summed E-state index contributed by atoms with van der Waals surface area (Å²) in [4.78, 5) is 25.0. The van der Waals surface area contributed by atoms with Crippen LogP contribution in [0.15, 0.2) is 48.8 Å². The van der Waals surface area contributed by atoms with E-state index in [9.17, 15) is 18.0 Å². The molecule has 1 N–H and O–H groups in total. The Hall–Kier alpha value is -4.02. The van der Waals surface area contributed by atoms with E-state index in [0.717, 1.165) is 6.07 Å². The number of rotatable bonds is 4. The first-order valence-electron chi connectivity index (χ1n) is 8.98. The molecule has 3 heterocycles. The van der Waals surface area contributed by atoms with Gasteiger partial charge in [-0.15, -0.1) is 0 Å². The Balaban J connectivity index is 1.78. The summed E-state index contributed by atoms with van der Waals surface area (Å²) in [5, 5.41) is 6.87. The van der Waals surface area contributed by atoms with Gasteiger partial charge in [0.05, 0.1) is 24.1 Å². The number of fused-ring (bicyclic) bond motifs is 1. The van der Waals surface area contributed by atoms with E-state index in [2.05, 4.69) is 25.4 Å². The molecule has 158 valence electrons. The number of nitrogens with zero attached hydrogens (tertiary/aromatic N) is 5. The fraction of sp³-hybridized carbons (Fsp3) is 0.150. The molecule has 0 spiro atoms. The Morgan fingerprint density at radius 3 is 2.65 bits per heavy atom. The van der Waals surface area contributed by atoms with Crippen LogP contribution < -0.4 is 10.1 Å². The summed E-state index contributed by atoms with van der Waals surface area (Å²) < 4.78 is 46.5. The standard InChI is InChI=1S/C20H15F3N6O2/c1-11-18(19(30)27-15-9-17(31-2)25-10-24-15)29-16(26-11)8-7-14(28-29)12-5-3-4-6-13(12)20(21,22)23/h3-10H,1-2H3,(H,24,25,27,30). The summed E-state index contributed by atoms with van der Waals surface area (Å²) in [7, 11) is 1.42. The number of hydrogen-bond donors (Lipinski definition) is 1. The van der Waals surface area contributed by atoms with Gasteiger partial charge in [-0.2, -0.15) is 18.3 Å². The number of imidazole rings is 1. The van der Waals surface area contributed by atoms with Crippen LogP contribution in [-0.4, -0.2) is 37.6 Å². The predicted octanol–water partition coefficient (Wildman–Crippen LogP) is 3.77. The zero-order valence-corrected chi connectivity index (χ0v) is 16.3. The molecule has 0 aliphatic heterocycles. The van der Waals surface area contributed by atoms with Crippen LogP contribution in [0, 0.1) is 6.92 Å².